The van der Waals surface area contributed by atoms with E-state index in [-0.39, 0.29) is 11.8 Å². The number of ether oxygens (including phenoxy) is 1. The summed E-state index contributed by atoms with van der Waals surface area (Å²) >= 11 is 0. The molecule has 2 N–H and O–H groups in total. The van der Waals surface area contributed by atoms with Crippen LogP contribution in [0, 0.1) is 11.6 Å². The minimum Gasteiger partial charge on any atom is -0.356 e. The van der Waals surface area contributed by atoms with Crippen molar-refractivity contribution >= 4 is 17.5 Å². The van der Waals surface area contributed by atoms with Gasteiger partial charge in [0.05, 0.1) is 12.5 Å². The van der Waals surface area contributed by atoms with E-state index >= 15 is 0 Å². The van der Waals surface area contributed by atoms with Gasteiger partial charge in [-0.1, -0.05) is 18.2 Å². The normalized spacial score (nSPS) is 17.9. The van der Waals surface area contributed by atoms with Crippen LogP contribution in [-0.2, 0) is 20.9 Å². The van der Waals surface area contributed by atoms with Crippen LogP contribution in [0.5, 0.6) is 0 Å². The molecule has 8 heteroatoms. The molecule has 0 spiro atoms. The van der Waals surface area contributed by atoms with Crippen LogP contribution in [0.3, 0.4) is 0 Å². The molecule has 2 unspecified atom stereocenters. The molecule has 2 aromatic rings. The van der Waals surface area contributed by atoms with Crippen LogP contribution in [0.2, 0.25) is 0 Å². The molecule has 0 saturated carbocycles. The lowest BCUT2D eigenvalue weighted by molar-refractivity contribution is -0.130. The summed E-state index contributed by atoms with van der Waals surface area (Å²) in [4.78, 5) is 25.8. The van der Waals surface area contributed by atoms with E-state index < -0.39 is 23.8 Å². The van der Waals surface area contributed by atoms with Crippen LogP contribution in [-0.4, -0.2) is 42.6 Å². The van der Waals surface area contributed by atoms with Gasteiger partial charge >= 0.3 is 0 Å². The molecule has 3 rings (SSSR count). The Balaban J connectivity index is 1.55. The predicted octanol–water partition coefficient (Wildman–Crippen LogP) is 3.00. The summed E-state index contributed by atoms with van der Waals surface area (Å²) in [6.45, 7) is 5.17. The maximum absolute atomic E-state index is 13.4. The van der Waals surface area contributed by atoms with Gasteiger partial charge < -0.3 is 15.4 Å². The Bertz CT molecular complexity index is 905. The zero-order valence-corrected chi connectivity index (χ0v) is 17.0. The summed E-state index contributed by atoms with van der Waals surface area (Å²) in [6, 6.07) is 10.9. The van der Waals surface area contributed by atoms with Crippen molar-refractivity contribution in [2.75, 3.05) is 25.0 Å². The maximum Gasteiger partial charge on any atom is 0.229 e. The average Bonchev–Trinajstić information content (AvgIpc) is 2.70. The Hall–Kier alpha value is -2.84. The SMILES string of the molecule is CC(=O)Nc1ccc(C(C)C(=O)NC2CN(Cc3ccc(F)c(F)c3)CCO2)cc1. The van der Waals surface area contributed by atoms with E-state index in [0.29, 0.717) is 37.5 Å². The van der Waals surface area contributed by atoms with Gasteiger partial charge in [-0.3, -0.25) is 14.5 Å². The Morgan fingerprint density at radius 2 is 1.90 bits per heavy atom. The minimum absolute atomic E-state index is 0.157. The second-order valence-electron chi connectivity index (χ2n) is 7.38. The molecular weight excluding hydrogens is 392 g/mol. The fourth-order valence-electron chi connectivity index (χ4n) is 3.32. The molecule has 1 fully saturated rings. The van der Waals surface area contributed by atoms with Gasteiger partial charge in [0.2, 0.25) is 11.8 Å². The summed E-state index contributed by atoms with van der Waals surface area (Å²) in [5.41, 5.74) is 2.15. The summed E-state index contributed by atoms with van der Waals surface area (Å²) < 4.78 is 32.2. The molecule has 6 nitrogen and oxygen atoms in total. The molecule has 0 radical (unpaired) electrons. The van der Waals surface area contributed by atoms with Crippen LogP contribution < -0.4 is 10.6 Å². The molecule has 1 saturated heterocycles. The number of hydrogen-bond donors (Lipinski definition) is 2. The van der Waals surface area contributed by atoms with Crippen molar-refractivity contribution < 1.29 is 23.1 Å². The molecule has 1 heterocycles. The van der Waals surface area contributed by atoms with Crippen molar-refractivity contribution in [2.24, 2.45) is 0 Å². The Kier molecular flexibility index (Phi) is 7.12. The van der Waals surface area contributed by atoms with E-state index in [4.69, 9.17) is 4.74 Å². The highest BCUT2D eigenvalue weighted by atomic mass is 19.2. The maximum atomic E-state index is 13.4. The van der Waals surface area contributed by atoms with Gasteiger partial charge in [0, 0.05) is 32.2 Å². The van der Waals surface area contributed by atoms with E-state index in [1.165, 1.54) is 13.0 Å². The van der Waals surface area contributed by atoms with Crippen LogP contribution >= 0.6 is 0 Å². The van der Waals surface area contributed by atoms with Crippen LogP contribution in [0.4, 0.5) is 14.5 Å². The molecular formula is C22H25F2N3O3. The van der Waals surface area contributed by atoms with E-state index in [9.17, 15) is 18.4 Å². The Morgan fingerprint density at radius 3 is 2.57 bits per heavy atom. The van der Waals surface area contributed by atoms with Crippen LogP contribution in [0.25, 0.3) is 0 Å². The highest BCUT2D eigenvalue weighted by Crippen LogP contribution is 2.19. The van der Waals surface area contributed by atoms with Gasteiger partial charge in [-0.05, 0) is 42.3 Å². The summed E-state index contributed by atoms with van der Waals surface area (Å²) in [6.07, 6.45) is -0.488. The number of hydrogen-bond acceptors (Lipinski definition) is 4. The van der Waals surface area contributed by atoms with Gasteiger partial charge in [-0.15, -0.1) is 0 Å². The Morgan fingerprint density at radius 1 is 1.17 bits per heavy atom. The number of rotatable bonds is 6. The molecule has 2 atom stereocenters. The van der Waals surface area contributed by atoms with Gasteiger partial charge in [0.1, 0.15) is 6.23 Å². The first-order valence-electron chi connectivity index (χ1n) is 9.77. The largest absolute Gasteiger partial charge is 0.356 e. The van der Waals surface area contributed by atoms with Crippen molar-refractivity contribution in [2.45, 2.75) is 32.5 Å². The number of carbonyl (C=O) groups is 2. The predicted molar refractivity (Wildman–Crippen MR) is 109 cm³/mol. The number of benzene rings is 2. The third-order valence-electron chi connectivity index (χ3n) is 4.97. The van der Waals surface area contributed by atoms with Crippen LogP contribution in [0.1, 0.15) is 30.9 Å². The zero-order chi connectivity index (χ0) is 21.7. The first-order chi connectivity index (χ1) is 14.3. The molecule has 0 bridgehead atoms. The van der Waals surface area contributed by atoms with E-state index in [1.807, 2.05) is 4.90 Å². The lowest BCUT2D eigenvalue weighted by Gasteiger charge is -2.33. The number of nitrogens with one attached hydrogen (secondary N) is 2. The third-order valence-corrected chi connectivity index (χ3v) is 4.97. The van der Waals surface area contributed by atoms with E-state index in [0.717, 1.165) is 11.6 Å². The van der Waals surface area contributed by atoms with E-state index in [1.54, 1.807) is 37.3 Å². The highest BCUT2D eigenvalue weighted by molar-refractivity contribution is 5.89. The number of anilines is 1. The Labute approximate surface area is 174 Å². The number of nitrogens with zero attached hydrogens (tertiary/aromatic N) is 1. The summed E-state index contributed by atoms with van der Waals surface area (Å²) in [5.74, 6) is -2.48. The summed E-state index contributed by atoms with van der Waals surface area (Å²) in [5, 5.41) is 5.58. The number of carbonyl (C=O) groups excluding carboxylic acids is 2. The quantitative estimate of drug-likeness (QED) is 0.758. The number of amides is 2. The molecule has 30 heavy (non-hydrogen) atoms. The van der Waals surface area contributed by atoms with Crippen molar-refractivity contribution in [3.05, 3.63) is 65.2 Å². The van der Waals surface area contributed by atoms with Crippen molar-refractivity contribution in [1.29, 1.82) is 0 Å². The lowest BCUT2D eigenvalue weighted by Crippen LogP contribution is -2.51. The third kappa shape index (κ3) is 5.84. The second kappa shape index (κ2) is 9.77. The average molecular weight is 417 g/mol. The van der Waals surface area contributed by atoms with Crippen molar-refractivity contribution in [1.82, 2.24) is 10.2 Å². The first-order valence-corrected chi connectivity index (χ1v) is 9.77. The van der Waals surface area contributed by atoms with E-state index in [2.05, 4.69) is 10.6 Å². The van der Waals surface area contributed by atoms with Gasteiger partial charge in [-0.2, -0.15) is 0 Å². The monoisotopic (exact) mass is 417 g/mol. The molecule has 1 aliphatic heterocycles. The smallest absolute Gasteiger partial charge is 0.229 e. The van der Waals surface area contributed by atoms with Gasteiger partial charge in [0.15, 0.2) is 11.6 Å². The van der Waals surface area contributed by atoms with Gasteiger partial charge in [0.25, 0.3) is 0 Å². The van der Waals surface area contributed by atoms with Crippen LogP contribution in [0.15, 0.2) is 42.5 Å². The molecule has 2 aromatic carbocycles. The topological polar surface area (TPSA) is 70.7 Å². The highest BCUT2D eigenvalue weighted by Gasteiger charge is 2.25. The van der Waals surface area contributed by atoms with Crippen molar-refractivity contribution in [3.8, 4) is 0 Å². The van der Waals surface area contributed by atoms with Gasteiger partial charge in [-0.25, -0.2) is 8.78 Å². The fourth-order valence-corrected chi connectivity index (χ4v) is 3.32. The molecule has 0 aromatic heterocycles. The standard InChI is InChI=1S/C22H25F2N3O3/c1-14(17-4-6-18(7-5-17)25-15(2)28)22(29)26-21-13-27(9-10-30-21)12-16-3-8-19(23)20(24)11-16/h3-8,11,14,21H,9-10,12-13H2,1-2H3,(H,25,28)(H,26,29). The zero-order valence-electron chi connectivity index (χ0n) is 17.0. The minimum atomic E-state index is -0.871. The molecule has 0 aliphatic carbocycles. The molecule has 2 amide bonds. The number of halogens is 2. The first kappa shape index (κ1) is 21.9. The number of morpholine rings is 1. The molecule has 1 aliphatic rings. The summed E-state index contributed by atoms with van der Waals surface area (Å²) in [7, 11) is 0. The molecule has 160 valence electrons. The van der Waals surface area contributed by atoms with Crippen molar-refractivity contribution in [3.63, 3.8) is 0 Å². The second-order valence-corrected chi connectivity index (χ2v) is 7.38. The lowest BCUT2D eigenvalue weighted by atomic mass is 10.00. The fraction of sp³-hybridized carbons (Fsp3) is 0.364.